The van der Waals surface area contributed by atoms with E-state index in [9.17, 15) is 4.79 Å². The Hall–Kier alpha value is -1.36. The Labute approximate surface area is 101 Å². The molecule has 0 bridgehead atoms. The molecule has 0 spiro atoms. The van der Waals surface area contributed by atoms with Crippen LogP contribution in [0.15, 0.2) is 0 Å². The van der Waals surface area contributed by atoms with Crippen molar-refractivity contribution in [1.82, 2.24) is 20.8 Å². The molecule has 0 aromatic carbocycles. The molecule has 1 fully saturated rings. The summed E-state index contributed by atoms with van der Waals surface area (Å²) >= 11 is 0. The summed E-state index contributed by atoms with van der Waals surface area (Å²) in [7, 11) is 0. The fourth-order valence-corrected chi connectivity index (χ4v) is 1.81. The molecule has 1 heterocycles. The Kier molecular flexibility index (Phi) is 3.78. The lowest BCUT2D eigenvalue weighted by Gasteiger charge is -2.06. The molecule has 0 radical (unpaired) electrons. The van der Waals surface area contributed by atoms with Gasteiger partial charge in [0.2, 0.25) is 5.91 Å². The van der Waals surface area contributed by atoms with E-state index in [2.05, 4.69) is 20.8 Å². The topological polar surface area (TPSA) is 69.8 Å². The Balaban J connectivity index is 1.61. The third-order valence-corrected chi connectivity index (χ3v) is 3.13. The molecule has 94 valence electrons. The number of aryl methyl sites for hydroxylation is 2. The molecule has 1 aliphatic rings. The van der Waals surface area contributed by atoms with Gasteiger partial charge in [0.1, 0.15) is 0 Å². The molecule has 1 amide bonds. The molecule has 1 aromatic rings. The van der Waals surface area contributed by atoms with Crippen LogP contribution < -0.4 is 10.6 Å². The fraction of sp³-hybridized carbons (Fsp3) is 0.667. The Morgan fingerprint density at radius 3 is 2.76 bits per heavy atom. The largest absolute Gasteiger partial charge is 0.355 e. The fourth-order valence-electron chi connectivity index (χ4n) is 1.81. The van der Waals surface area contributed by atoms with Crippen molar-refractivity contribution >= 4 is 5.91 Å². The van der Waals surface area contributed by atoms with E-state index in [0.29, 0.717) is 12.5 Å². The summed E-state index contributed by atoms with van der Waals surface area (Å²) in [5.41, 5.74) is 3.37. The molecule has 1 saturated carbocycles. The Bertz CT molecular complexity index is 376. The number of aromatic amines is 1. The SMILES string of the molecule is Cc1n[nH]c(C)c1CNCCNC(=O)C1CC1. The Morgan fingerprint density at radius 1 is 1.41 bits per heavy atom. The molecule has 5 heteroatoms. The standard InChI is InChI=1S/C12H20N4O/c1-8-11(9(2)16-15-8)7-13-5-6-14-12(17)10-3-4-10/h10,13H,3-7H2,1-2H3,(H,14,17)(H,15,16). The van der Waals surface area contributed by atoms with Gasteiger partial charge in [-0.25, -0.2) is 0 Å². The number of H-pyrrole nitrogens is 1. The zero-order chi connectivity index (χ0) is 12.3. The first-order valence-electron chi connectivity index (χ1n) is 6.17. The molecule has 5 nitrogen and oxygen atoms in total. The van der Waals surface area contributed by atoms with Gasteiger partial charge in [-0.2, -0.15) is 5.10 Å². The van der Waals surface area contributed by atoms with Crippen molar-refractivity contribution in [3.63, 3.8) is 0 Å². The minimum Gasteiger partial charge on any atom is -0.355 e. The van der Waals surface area contributed by atoms with Crippen LogP contribution in [0.3, 0.4) is 0 Å². The van der Waals surface area contributed by atoms with Gasteiger partial charge in [0.15, 0.2) is 0 Å². The van der Waals surface area contributed by atoms with Gasteiger partial charge in [0.25, 0.3) is 0 Å². The number of carbonyl (C=O) groups excluding carboxylic acids is 1. The maximum atomic E-state index is 11.4. The van der Waals surface area contributed by atoms with Crippen LogP contribution in [0.1, 0.15) is 29.8 Å². The van der Waals surface area contributed by atoms with Gasteiger partial charge in [-0.1, -0.05) is 0 Å². The monoisotopic (exact) mass is 236 g/mol. The van der Waals surface area contributed by atoms with E-state index in [1.54, 1.807) is 0 Å². The highest BCUT2D eigenvalue weighted by Crippen LogP contribution is 2.28. The molecule has 0 unspecified atom stereocenters. The number of nitrogens with zero attached hydrogens (tertiary/aromatic N) is 1. The lowest BCUT2D eigenvalue weighted by atomic mass is 10.2. The molecule has 2 rings (SSSR count). The summed E-state index contributed by atoms with van der Waals surface area (Å²) in [6.45, 7) is 6.31. The van der Waals surface area contributed by atoms with E-state index in [0.717, 1.165) is 37.3 Å². The normalized spacial score (nSPS) is 14.9. The van der Waals surface area contributed by atoms with Crippen LogP contribution in [0, 0.1) is 19.8 Å². The van der Waals surface area contributed by atoms with Gasteiger partial charge in [0.05, 0.1) is 5.69 Å². The molecule has 0 saturated heterocycles. The van der Waals surface area contributed by atoms with Crippen LogP contribution >= 0.6 is 0 Å². The van der Waals surface area contributed by atoms with Crippen LogP contribution in [-0.4, -0.2) is 29.2 Å². The van der Waals surface area contributed by atoms with Crippen molar-refractivity contribution in [2.45, 2.75) is 33.2 Å². The highest BCUT2D eigenvalue weighted by molar-refractivity contribution is 5.80. The van der Waals surface area contributed by atoms with Crippen molar-refractivity contribution in [3.05, 3.63) is 17.0 Å². The molecule has 3 N–H and O–H groups in total. The molecular formula is C12H20N4O. The number of amides is 1. The number of carbonyl (C=O) groups is 1. The van der Waals surface area contributed by atoms with Crippen LogP contribution in [0.25, 0.3) is 0 Å². The number of hydrogen-bond donors (Lipinski definition) is 3. The second kappa shape index (κ2) is 5.31. The maximum Gasteiger partial charge on any atom is 0.223 e. The molecule has 0 atom stereocenters. The smallest absolute Gasteiger partial charge is 0.223 e. The van der Waals surface area contributed by atoms with Gasteiger partial charge in [0, 0.05) is 36.8 Å². The maximum absolute atomic E-state index is 11.4. The lowest BCUT2D eigenvalue weighted by Crippen LogP contribution is -2.32. The number of rotatable bonds is 6. The van der Waals surface area contributed by atoms with Crippen molar-refractivity contribution in [2.24, 2.45) is 5.92 Å². The summed E-state index contributed by atoms with van der Waals surface area (Å²) in [5.74, 6) is 0.510. The van der Waals surface area contributed by atoms with Gasteiger partial charge in [-0.05, 0) is 26.7 Å². The zero-order valence-electron chi connectivity index (χ0n) is 10.5. The van der Waals surface area contributed by atoms with E-state index in [1.807, 2.05) is 13.8 Å². The second-order valence-electron chi connectivity index (χ2n) is 4.65. The summed E-state index contributed by atoms with van der Waals surface area (Å²) in [4.78, 5) is 11.4. The second-order valence-corrected chi connectivity index (χ2v) is 4.65. The minimum atomic E-state index is 0.211. The molecule has 0 aliphatic heterocycles. The zero-order valence-corrected chi connectivity index (χ0v) is 10.5. The molecule has 17 heavy (non-hydrogen) atoms. The average Bonchev–Trinajstić information content (AvgIpc) is 3.09. The lowest BCUT2D eigenvalue weighted by molar-refractivity contribution is -0.122. The highest BCUT2D eigenvalue weighted by Gasteiger charge is 2.28. The van der Waals surface area contributed by atoms with Crippen LogP contribution in [0.2, 0.25) is 0 Å². The van der Waals surface area contributed by atoms with Crippen molar-refractivity contribution in [3.8, 4) is 0 Å². The van der Waals surface area contributed by atoms with Gasteiger partial charge in [-0.15, -0.1) is 0 Å². The number of nitrogens with one attached hydrogen (secondary N) is 3. The summed E-state index contributed by atoms with van der Waals surface area (Å²) in [6, 6.07) is 0. The van der Waals surface area contributed by atoms with Gasteiger partial charge >= 0.3 is 0 Å². The molecular weight excluding hydrogens is 216 g/mol. The van der Waals surface area contributed by atoms with E-state index in [4.69, 9.17) is 0 Å². The predicted molar refractivity (Wildman–Crippen MR) is 65.5 cm³/mol. The third kappa shape index (κ3) is 3.30. The van der Waals surface area contributed by atoms with E-state index in [1.165, 1.54) is 5.56 Å². The van der Waals surface area contributed by atoms with Crippen LogP contribution in [0.5, 0.6) is 0 Å². The van der Waals surface area contributed by atoms with Crippen LogP contribution in [0.4, 0.5) is 0 Å². The first-order valence-corrected chi connectivity index (χ1v) is 6.17. The van der Waals surface area contributed by atoms with Crippen molar-refractivity contribution in [1.29, 1.82) is 0 Å². The van der Waals surface area contributed by atoms with E-state index >= 15 is 0 Å². The van der Waals surface area contributed by atoms with E-state index in [-0.39, 0.29) is 5.91 Å². The average molecular weight is 236 g/mol. The molecule has 1 aromatic heterocycles. The highest BCUT2D eigenvalue weighted by atomic mass is 16.2. The Morgan fingerprint density at radius 2 is 2.18 bits per heavy atom. The number of hydrogen-bond acceptors (Lipinski definition) is 3. The first-order chi connectivity index (χ1) is 8.18. The minimum absolute atomic E-state index is 0.211. The summed E-state index contributed by atoms with van der Waals surface area (Å²) < 4.78 is 0. The summed E-state index contributed by atoms with van der Waals surface area (Å²) in [6.07, 6.45) is 2.12. The first kappa shape index (κ1) is 12.1. The van der Waals surface area contributed by atoms with Crippen LogP contribution in [-0.2, 0) is 11.3 Å². The predicted octanol–water partition coefficient (Wildman–Crippen LogP) is 0.642. The summed E-state index contributed by atoms with van der Waals surface area (Å²) in [5, 5.41) is 13.3. The van der Waals surface area contributed by atoms with E-state index < -0.39 is 0 Å². The van der Waals surface area contributed by atoms with Crippen molar-refractivity contribution in [2.75, 3.05) is 13.1 Å². The van der Waals surface area contributed by atoms with Crippen molar-refractivity contribution < 1.29 is 4.79 Å². The third-order valence-electron chi connectivity index (χ3n) is 3.13. The number of aromatic nitrogens is 2. The van der Waals surface area contributed by atoms with Gasteiger partial charge in [-0.3, -0.25) is 9.89 Å². The quantitative estimate of drug-likeness (QED) is 0.635. The van der Waals surface area contributed by atoms with Gasteiger partial charge < -0.3 is 10.6 Å². The molecule has 1 aliphatic carbocycles.